The molecule has 0 fully saturated rings. The molecule has 5 aromatic rings. The summed E-state index contributed by atoms with van der Waals surface area (Å²) in [6.45, 7) is 11.3. The van der Waals surface area contributed by atoms with Gasteiger partial charge in [-0.25, -0.2) is 0 Å². The van der Waals surface area contributed by atoms with Gasteiger partial charge in [0.05, 0.1) is 9.52 Å². The standard InChI is InChI=1S/C22H25.C12H7Si.2ClH.Zr/c1-14(2)18-12-17-11-10-16(5)22(21(17)13-18)20-9-7-6-8-19(20)15(3)4;1-3-7-11-9(5-1)10-6-2-4-8-12(10)13-11;;;/h6-15H,1-5H3;1-7H;2*1H;/q2*-1;;;+4/p-2. The molecule has 0 unspecified atom stereocenters. The third-order valence-electron chi connectivity index (χ3n) is 6.97. The third kappa shape index (κ3) is 6.48. The van der Waals surface area contributed by atoms with E-state index in [9.17, 15) is 0 Å². The normalized spacial score (nSPS) is 11.3. The predicted molar refractivity (Wildman–Crippen MR) is 165 cm³/mol. The SMILES string of the molecule is Cc1ccc2[cH-]c(C(C)C)cc2c1-c1ccccc1C(C)C.[Cl][Zr+2][Cl].[c-]1cccc2c1[Si]c1ccccc1-2. The van der Waals surface area contributed by atoms with E-state index in [-0.39, 0.29) is 0 Å². The largest absolute Gasteiger partial charge is 0.184 e. The summed E-state index contributed by atoms with van der Waals surface area (Å²) >= 11 is -0.826. The van der Waals surface area contributed by atoms with Gasteiger partial charge in [0.25, 0.3) is 0 Å². The zero-order valence-corrected chi connectivity index (χ0v) is 27.5. The minimum Gasteiger partial charge on any atom is -0.184 e. The van der Waals surface area contributed by atoms with Crippen LogP contribution in [0.3, 0.4) is 0 Å². The van der Waals surface area contributed by atoms with Gasteiger partial charge in [-0.1, -0.05) is 98.1 Å². The van der Waals surface area contributed by atoms with E-state index in [0.29, 0.717) is 11.8 Å². The maximum atomic E-state index is 4.93. The van der Waals surface area contributed by atoms with Crippen LogP contribution in [0.2, 0.25) is 0 Å². The van der Waals surface area contributed by atoms with Crippen LogP contribution in [0, 0.1) is 13.0 Å². The van der Waals surface area contributed by atoms with Gasteiger partial charge in [-0.3, -0.25) is 0 Å². The molecule has 38 heavy (non-hydrogen) atoms. The molecule has 0 atom stereocenters. The zero-order chi connectivity index (χ0) is 27.2. The van der Waals surface area contributed by atoms with Crippen molar-refractivity contribution >= 4 is 47.7 Å². The maximum Gasteiger partial charge on any atom is 0.0920 e. The van der Waals surface area contributed by atoms with Gasteiger partial charge < -0.3 is 0 Å². The van der Waals surface area contributed by atoms with Crippen molar-refractivity contribution in [2.45, 2.75) is 46.5 Å². The van der Waals surface area contributed by atoms with Gasteiger partial charge in [0.1, 0.15) is 0 Å². The van der Waals surface area contributed by atoms with Crippen LogP contribution in [0.4, 0.5) is 0 Å². The molecular formula is C34H32Cl2SiZr. The van der Waals surface area contributed by atoms with Gasteiger partial charge in [0, 0.05) is 0 Å². The Morgan fingerprint density at radius 3 is 2.16 bits per heavy atom. The molecule has 2 radical (unpaired) electrons. The van der Waals surface area contributed by atoms with E-state index in [4.69, 9.17) is 17.0 Å². The molecule has 0 N–H and O–H groups in total. The number of rotatable bonds is 3. The van der Waals surface area contributed by atoms with E-state index in [1.165, 1.54) is 60.1 Å². The van der Waals surface area contributed by atoms with Crippen molar-refractivity contribution in [3.8, 4) is 22.3 Å². The van der Waals surface area contributed by atoms with Gasteiger partial charge >= 0.3 is 37.9 Å². The second-order valence-electron chi connectivity index (χ2n) is 10.1. The molecule has 6 rings (SSSR count). The van der Waals surface area contributed by atoms with Crippen molar-refractivity contribution in [1.82, 2.24) is 0 Å². The second-order valence-corrected chi connectivity index (χ2v) is 15.2. The minimum atomic E-state index is -0.826. The molecule has 0 saturated carbocycles. The van der Waals surface area contributed by atoms with Gasteiger partial charge in [0.2, 0.25) is 0 Å². The average molecular weight is 631 g/mol. The first-order chi connectivity index (χ1) is 18.3. The molecule has 1 aliphatic rings. The topological polar surface area (TPSA) is 0 Å². The Kier molecular flexibility index (Phi) is 10.4. The maximum absolute atomic E-state index is 4.93. The monoisotopic (exact) mass is 628 g/mol. The second kappa shape index (κ2) is 13.5. The molecule has 0 bridgehead atoms. The minimum absolute atomic E-state index is 0.533. The Morgan fingerprint density at radius 2 is 1.45 bits per heavy atom. The molecule has 5 aromatic carbocycles. The molecular weight excluding hydrogens is 599 g/mol. The summed E-state index contributed by atoms with van der Waals surface area (Å²) < 4.78 is 0. The predicted octanol–water partition coefficient (Wildman–Crippen LogP) is 9.28. The smallest absolute Gasteiger partial charge is 0.0920 e. The number of hydrogen-bond donors (Lipinski definition) is 0. The summed E-state index contributed by atoms with van der Waals surface area (Å²) in [6, 6.07) is 36.3. The van der Waals surface area contributed by atoms with Crippen LogP contribution in [-0.4, -0.2) is 9.52 Å². The zero-order valence-electron chi connectivity index (χ0n) is 22.6. The number of aryl methyl sites for hydroxylation is 1. The first-order valence-electron chi connectivity index (χ1n) is 13.0. The van der Waals surface area contributed by atoms with Crippen LogP contribution in [-0.2, 0) is 20.8 Å². The van der Waals surface area contributed by atoms with Crippen molar-refractivity contribution in [2.75, 3.05) is 0 Å². The molecule has 0 amide bonds. The first-order valence-corrected chi connectivity index (χ1v) is 20.3. The molecule has 0 aromatic heterocycles. The van der Waals surface area contributed by atoms with E-state index in [2.05, 4.69) is 126 Å². The Hall–Kier alpha value is -1.83. The fraction of sp³-hybridized carbons (Fsp3) is 0.206. The van der Waals surface area contributed by atoms with Crippen LogP contribution < -0.4 is 10.4 Å². The average Bonchev–Trinajstić information content (AvgIpc) is 3.51. The molecule has 0 saturated heterocycles. The Labute approximate surface area is 249 Å². The van der Waals surface area contributed by atoms with E-state index in [1.807, 2.05) is 6.07 Å². The fourth-order valence-corrected chi connectivity index (χ4v) is 6.37. The van der Waals surface area contributed by atoms with Crippen molar-refractivity contribution in [1.29, 1.82) is 0 Å². The summed E-state index contributed by atoms with van der Waals surface area (Å²) in [5.41, 5.74) is 9.80. The fourth-order valence-electron chi connectivity index (χ4n) is 5.06. The molecule has 0 spiro atoms. The summed E-state index contributed by atoms with van der Waals surface area (Å²) in [6.07, 6.45) is 0. The summed E-state index contributed by atoms with van der Waals surface area (Å²) in [7, 11) is 10.7. The summed E-state index contributed by atoms with van der Waals surface area (Å²) in [5.74, 6) is 1.10. The van der Waals surface area contributed by atoms with Crippen LogP contribution >= 0.6 is 17.0 Å². The molecule has 4 heteroatoms. The van der Waals surface area contributed by atoms with Gasteiger partial charge in [-0.15, -0.1) is 40.1 Å². The number of halogens is 2. The number of hydrogen-bond acceptors (Lipinski definition) is 0. The number of benzene rings is 4. The Morgan fingerprint density at radius 1 is 0.789 bits per heavy atom. The summed E-state index contributed by atoms with van der Waals surface area (Å²) in [5, 5.41) is 5.59. The Balaban J connectivity index is 0.000000177. The van der Waals surface area contributed by atoms with Crippen molar-refractivity contribution in [2.24, 2.45) is 0 Å². The van der Waals surface area contributed by atoms with E-state index >= 15 is 0 Å². The van der Waals surface area contributed by atoms with E-state index < -0.39 is 20.8 Å². The van der Waals surface area contributed by atoms with E-state index in [1.54, 1.807) is 0 Å². The van der Waals surface area contributed by atoms with E-state index in [0.717, 1.165) is 9.52 Å². The quantitative estimate of drug-likeness (QED) is 0.135. The van der Waals surface area contributed by atoms with Crippen LogP contribution in [0.25, 0.3) is 33.0 Å². The van der Waals surface area contributed by atoms with Crippen LogP contribution in [0.1, 0.15) is 56.2 Å². The van der Waals surface area contributed by atoms with Crippen LogP contribution in [0.15, 0.2) is 91.0 Å². The summed E-state index contributed by atoms with van der Waals surface area (Å²) in [4.78, 5) is 0. The van der Waals surface area contributed by atoms with Gasteiger partial charge in [-0.05, 0) is 29.9 Å². The number of fused-ring (bicyclic) bond motifs is 4. The van der Waals surface area contributed by atoms with Crippen LogP contribution in [0.5, 0.6) is 0 Å². The Bertz CT molecular complexity index is 1470. The van der Waals surface area contributed by atoms with Gasteiger partial charge in [0.15, 0.2) is 0 Å². The third-order valence-corrected chi connectivity index (χ3v) is 8.34. The van der Waals surface area contributed by atoms with Crippen molar-refractivity contribution in [3.05, 3.63) is 114 Å². The van der Waals surface area contributed by atoms with Gasteiger partial charge in [-0.2, -0.15) is 35.5 Å². The molecule has 0 aliphatic carbocycles. The molecule has 0 nitrogen and oxygen atoms in total. The molecule has 1 aliphatic heterocycles. The molecule has 1 heterocycles. The first kappa shape index (κ1) is 29.2. The van der Waals surface area contributed by atoms with Crippen molar-refractivity contribution < 1.29 is 20.8 Å². The van der Waals surface area contributed by atoms with Crippen molar-refractivity contribution in [3.63, 3.8) is 0 Å². The molecule has 190 valence electrons.